The number of fused-ring (bicyclic) bond motifs is 3. The molecule has 0 aliphatic carbocycles. The highest BCUT2D eigenvalue weighted by Crippen LogP contribution is 2.47. The van der Waals surface area contributed by atoms with Crippen LogP contribution in [0.15, 0.2) is 75.9 Å². The van der Waals surface area contributed by atoms with Crippen LogP contribution < -0.4 is 10.4 Å². The minimum absolute atomic E-state index is 0.128. The molecule has 4 aromatic rings. The first kappa shape index (κ1) is 19.8. The number of benzene rings is 3. The van der Waals surface area contributed by atoms with Crippen LogP contribution in [0.5, 0.6) is 5.75 Å². The molecule has 2 heterocycles. The van der Waals surface area contributed by atoms with E-state index in [0.717, 1.165) is 22.3 Å². The number of esters is 1. The molecule has 1 N–H and O–H groups in total. The van der Waals surface area contributed by atoms with Crippen molar-refractivity contribution in [1.82, 2.24) is 0 Å². The molecule has 0 fully saturated rings. The van der Waals surface area contributed by atoms with E-state index in [1.807, 2.05) is 37.3 Å². The lowest BCUT2D eigenvalue weighted by atomic mass is 9.82. The summed E-state index contributed by atoms with van der Waals surface area (Å²) in [6, 6.07) is 19.1. The molecule has 0 saturated heterocycles. The predicted octanol–water partition coefficient (Wildman–Crippen LogP) is 4.91. The molecule has 6 nitrogen and oxygen atoms in total. The molecule has 0 bridgehead atoms. The summed E-state index contributed by atoms with van der Waals surface area (Å²) in [4.78, 5) is 36.1. The zero-order chi connectivity index (χ0) is 22.4. The van der Waals surface area contributed by atoms with Crippen molar-refractivity contribution in [3.63, 3.8) is 0 Å². The lowest BCUT2D eigenvalue weighted by Gasteiger charge is -2.28. The molecule has 0 saturated carbocycles. The van der Waals surface area contributed by atoms with E-state index in [1.54, 1.807) is 18.2 Å². The Morgan fingerprint density at radius 1 is 1.00 bits per heavy atom. The van der Waals surface area contributed by atoms with Gasteiger partial charge in [-0.15, -0.1) is 0 Å². The van der Waals surface area contributed by atoms with Gasteiger partial charge in [0, 0.05) is 23.1 Å². The summed E-state index contributed by atoms with van der Waals surface area (Å²) in [5.41, 5.74) is 3.93. The van der Waals surface area contributed by atoms with Crippen molar-refractivity contribution in [2.24, 2.45) is 0 Å². The van der Waals surface area contributed by atoms with E-state index in [9.17, 15) is 19.5 Å². The second kappa shape index (κ2) is 7.50. The highest BCUT2D eigenvalue weighted by Gasteiger charge is 2.33. The van der Waals surface area contributed by atoms with Crippen LogP contribution in [0.25, 0.3) is 22.1 Å². The van der Waals surface area contributed by atoms with E-state index in [4.69, 9.17) is 9.15 Å². The predicted molar refractivity (Wildman–Crippen MR) is 118 cm³/mol. The molecular formula is C26H18O6. The van der Waals surface area contributed by atoms with Crippen LogP contribution in [-0.2, 0) is 4.79 Å². The number of carbonyl (C=O) groups excluding carboxylic acids is 1. The minimum atomic E-state index is -1.01. The van der Waals surface area contributed by atoms with Crippen molar-refractivity contribution in [2.75, 3.05) is 0 Å². The minimum Gasteiger partial charge on any atom is -0.478 e. The van der Waals surface area contributed by atoms with Crippen molar-refractivity contribution in [3.05, 3.63) is 99.4 Å². The van der Waals surface area contributed by atoms with Crippen LogP contribution in [0.3, 0.4) is 0 Å². The third kappa shape index (κ3) is 3.26. The first-order valence-electron chi connectivity index (χ1n) is 10.1. The molecule has 32 heavy (non-hydrogen) atoms. The van der Waals surface area contributed by atoms with Crippen molar-refractivity contribution in [1.29, 1.82) is 0 Å². The van der Waals surface area contributed by atoms with Gasteiger partial charge in [-0.3, -0.25) is 4.79 Å². The molecule has 1 aromatic heterocycles. The van der Waals surface area contributed by atoms with E-state index in [-0.39, 0.29) is 17.9 Å². The Balaban J connectivity index is 1.79. The number of rotatable bonds is 3. The summed E-state index contributed by atoms with van der Waals surface area (Å²) in [5, 5.41) is 9.77. The fourth-order valence-electron chi connectivity index (χ4n) is 4.39. The molecule has 1 aliphatic heterocycles. The number of aryl methyl sites for hydroxylation is 1. The van der Waals surface area contributed by atoms with Gasteiger partial charge in [-0.25, -0.2) is 9.59 Å². The van der Waals surface area contributed by atoms with Crippen LogP contribution in [0, 0.1) is 6.92 Å². The van der Waals surface area contributed by atoms with Gasteiger partial charge in [0.05, 0.1) is 17.4 Å². The lowest BCUT2D eigenvalue weighted by molar-refractivity contribution is -0.135. The maximum Gasteiger partial charge on any atom is 0.336 e. The lowest BCUT2D eigenvalue weighted by Crippen LogP contribution is -2.22. The average molecular weight is 426 g/mol. The van der Waals surface area contributed by atoms with Gasteiger partial charge in [-0.2, -0.15) is 0 Å². The van der Waals surface area contributed by atoms with Gasteiger partial charge in [0.15, 0.2) is 0 Å². The topological polar surface area (TPSA) is 93.8 Å². The molecule has 0 spiro atoms. The van der Waals surface area contributed by atoms with E-state index in [0.29, 0.717) is 22.3 Å². The maximum absolute atomic E-state index is 12.6. The van der Waals surface area contributed by atoms with Crippen molar-refractivity contribution in [2.45, 2.75) is 19.3 Å². The SMILES string of the molecule is Cc1cc2oc(=O)cc(-c3ccccc3)c2c2c1C(c1ccc(C(=O)O)cc1)CC(=O)O2. The van der Waals surface area contributed by atoms with Crippen LogP contribution in [-0.4, -0.2) is 17.0 Å². The van der Waals surface area contributed by atoms with Gasteiger partial charge in [-0.05, 0) is 41.8 Å². The van der Waals surface area contributed by atoms with Crippen LogP contribution in [0.2, 0.25) is 0 Å². The maximum atomic E-state index is 12.6. The Kier molecular flexibility index (Phi) is 4.63. The summed E-state index contributed by atoms with van der Waals surface area (Å²) in [5.74, 6) is -1.34. The molecule has 1 atom stereocenters. The Labute approximate surface area is 182 Å². The average Bonchev–Trinajstić information content (AvgIpc) is 2.78. The highest BCUT2D eigenvalue weighted by molar-refractivity contribution is 6.01. The normalized spacial score (nSPS) is 15.3. The summed E-state index contributed by atoms with van der Waals surface area (Å²) in [6.07, 6.45) is 0.128. The third-order valence-corrected chi connectivity index (χ3v) is 5.81. The Morgan fingerprint density at radius 2 is 1.72 bits per heavy atom. The molecule has 158 valence electrons. The standard InChI is InChI=1S/C26H18O6/c1-14-11-20-24(19(13-21(27)31-20)15-5-3-2-4-6-15)25-23(14)18(12-22(28)32-25)16-7-9-17(10-8-16)26(29)30/h2-11,13,18H,12H2,1H3,(H,29,30). The first-order chi connectivity index (χ1) is 15.4. The molecule has 3 aromatic carbocycles. The Hall–Kier alpha value is -4.19. The number of aromatic carboxylic acids is 1. The van der Waals surface area contributed by atoms with Crippen molar-refractivity contribution < 1.29 is 23.8 Å². The quantitative estimate of drug-likeness (QED) is 0.284. The Morgan fingerprint density at radius 3 is 2.41 bits per heavy atom. The molecule has 0 amide bonds. The number of carbonyl (C=O) groups is 2. The number of carboxylic acid groups (broad SMARTS) is 1. The summed E-state index contributed by atoms with van der Waals surface area (Å²) >= 11 is 0. The summed E-state index contributed by atoms with van der Waals surface area (Å²) in [6.45, 7) is 1.88. The number of hydrogen-bond donors (Lipinski definition) is 1. The molecule has 6 heteroatoms. The largest absolute Gasteiger partial charge is 0.478 e. The van der Waals surface area contributed by atoms with Gasteiger partial charge in [0.25, 0.3) is 0 Å². The molecule has 1 aliphatic rings. The first-order valence-corrected chi connectivity index (χ1v) is 10.1. The number of ether oxygens (including phenoxy) is 1. The molecular weight excluding hydrogens is 408 g/mol. The van der Waals surface area contributed by atoms with Gasteiger partial charge < -0.3 is 14.3 Å². The van der Waals surface area contributed by atoms with E-state index in [1.165, 1.54) is 18.2 Å². The monoisotopic (exact) mass is 426 g/mol. The highest BCUT2D eigenvalue weighted by atomic mass is 16.5. The second-order valence-corrected chi connectivity index (χ2v) is 7.81. The molecule has 0 radical (unpaired) electrons. The van der Waals surface area contributed by atoms with E-state index < -0.39 is 17.6 Å². The van der Waals surface area contributed by atoms with Gasteiger partial charge in [0.2, 0.25) is 0 Å². The van der Waals surface area contributed by atoms with Gasteiger partial charge in [0.1, 0.15) is 11.3 Å². The van der Waals surface area contributed by atoms with E-state index >= 15 is 0 Å². The fraction of sp³-hybridized carbons (Fsp3) is 0.115. The summed E-state index contributed by atoms with van der Waals surface area (Å²) < 4.78 is 11.2. The zero-order valence-electron chi connectivity index (χ0n) is 17.1. The zero-order valence-corrected chi connectivity index (χ0v) is 17.1. The third-order valence-electron chi connectivity index (χ3n) is 5.81. The van der Waals surface area contributed by atoms with Crippen molar-refractivity contribution in [3.8, 4) is 16.9 Å². The number of carboxylic acids is 1. The van der Waals surface area contributed by atoms with Crippen molar-refractivity contribution >= 4 is 22.9 Å². The summed E-state index contributed by atoms with van der Waals surface area (Å²) in [7, 11) is 0. The molecule has 1 unspecified atom stereocenters. The van der Waals surface area contributed by atoms with E-state index in [2.05, 4.69) is 0 Å². The second-order valence-electron chi connectivity index (χ2n) is 7.81. The molecule has 5 rings (SSSR count). The Bertz CT molecular complexity index is 1430. The smallest absolute Gasteiger partial charge is 0.336 e. The number of hydrogen-bond acceptors (Lipinski definition) is 5. The fourth-order valence-corrected chi connectivity index (χ4v) is 4.39. The van der Waals surface area contributed by atoms with Crippen LogP contribution >= 0.6 is 0 Å². The van der Waals surface area contributed by atoms with Crippen LogP contribution in [0.1, 0.15) is 39.4 Å². The van der Waals surface area contributed by atoms with Crippen LogP contribution in [0.4, 0.5) is 0 Å². The van der Waals surface area contributed by atoms with Gasteiger partial charge in [-0.1, -0.05) is 42.5 Å². The van der Waals surface area contributed by atoms with Gasteiger partial charge >= 0.3 is 17.6 Å².